The molecule has 0 radical (unpaired) electrons. The van der Waals surface area contributed by atoms with Crippen molar-refractivity contribution in [2.45, 2.75) is 32.3 Å². The SMILES string of the molecule is CCCCC1(C=O)C=C(/C=C/C(=O)c2ccccc2)C=CC1O. The minimum absolute atomic E-state index is 0.0868. The molecule has 0 heterocycles. The highest BCUT2D eigenvalue weighted by atomic mass is 16.3. The predicted molar refractivity (Wildman–Crippen MR) is 91.2 cm³/mol. The Bertz CT molecular complexity index is 640. The first-order chi connectivity index (χ1) is 11.1. The second-order valence-corrected chi connectivity index (χ2v) is 5.85. The van der Waals surface area contributed by atoms with Crippen molar-refractivity contribution in [2.75, 3.05) is 0 Å². The van der Waals surface area contributed by atoms with Gasteiger partial charge in [-0.25, -0.2) is 0 Å². The first-order valence-corrected chi connectivity index (χ1v) is 7.94. The van der Waals surface area contributed by atoms with Gasteiger partial charge in [-0.2, -0.15) is 0 Å². The van der Waals surface area contributed by atoms with Crippen LogP contribution in [0.4, 0.5) is 0 Å². The number of hydrogen-bond donors (Lipinski definition) is 1. The molecule has 2 unspecified atom stereocenters. The van der Waals surface area contributed by atoms with Crippen LogP contribution in [0, 0.1) is 5.41 Å². The van der Waals surface area contributed by atoms with Gasteiger partial charge in [0.1, 0.15) is 6.29 Å². The summed E-state index contributed by atoms with van der Waals surface area (Å²) in [6, 6.07) is 9.02. The maximum atomic E-state index is 12.1. The van der Waals surface area contributed by atoms with Crippen LogP contribution in [0.5, 0.6) is 0 Å². The van der Waals surface area contributed by atoms with Gasteiger partial charge in [0.15, 0.2) is 5.78 Å². The summed E-state index contributed by atoms with van der Waals surface area (Å²) in [5.74, 6) is -0.0868. The van der Waals surface area contributed by atoms with Crippen molar-refractivity contribution < 1.29 is 14.7 Å². The van der Waals surface area contributed by atoms with E-state index in [0.717, 1.165) is 24.7 Å². The Kier molecular flexibility index (Phi) is 5.83. The maximum absolute atomic E-state index is 12.1. The molecule has 0 aromatic heterocycles. The first kappa shape index (κ1) is 17.1. The van der Waals surface area contributed by atoms with Crippen LogP contribution >= 0.6 is 0 Å². The monoisotopic (exact) mass is 310 g/mol. The van der Waals surface area contributed by atoms with Crippen molar-refractivity contribution in [3.63, 3.8) is 0 Å². The Morgan fingerprint density at radius 3 is 2.70 bits per heavy atom. The van der Waals surface area contributed by atoms with E-state index in [0.29, 0.717) is 12.0 Å². The Hall–Kier alpha value is -2.26. The molecule has 1 aliphatic carbocycles. The molecule has 23 heavy (non-hydrogen) atoms. The van der Waals surface area contributed by atoms with Crippen molar-refractivity contribution >= 4 is 12.1 Å². The number of hydrogen-bond acceptors (Lipinski definition) is 3. The summed E-state index contributed by atoms with van der Waals surface area (Å²) in [6.45, 7) is 2.05. The zero-order chi connectivity index (χ0) is 16.7. The van der Waals surface area contributed by atoms with Gasteiger partial charge < -0.3 is 9.90 Å². The van der Waals surface area contributed by atoms with Crippen molar-refractivity contribution in [2.24, 2.45) is 5.41 Å². The van der Waals surface area contributed by atoms with Crippen LogP contribution in [0.15, 0.2) is 66.3 Å². The lowest BCUT2D eigenvalue weighted by atomic mass is 9.74. The van der Waals surface area contributed by atoms with Gasteiger partial charge in [-0.15, -0.1) is 0 Å². The smallest absolute Gasteiger partial charge is 0.185 e. The van der Waals surface area contributed by atoms with Crippen molar-refractivity contribution in [3.8, 4) is 0 Å². The summed E-state index contributed by atoms with van der Waals surface area (Å²) < 4.78 is 0. The molecule has 0 amide bonds. The van der Waals surface area contributed by atoms with Gasteiger partial charge in [-0.1, -0.05) is 74.4 Å². The fourth-order valence-electron chi connectivity index (χ4n) is 2.67. The van der Waals surface area contributed by atoms with Crippen LogP contribution in [0.25, 0.3) is 0 Å². The summed E-state index contributed by atoms with van der Waals surface area (Å²) >= 11 is 0. The van der Waals surface area contributed by atoms with Gasteiger partial charge in [-0.05, 0) is 18.1 Å². The second-order valence-electron chi connectivity index (χ2n) is 5.85. The third-order valence-electron chi connectivity index (χ3n) is 4.13. The molecule has 0 saturated heterocycles. The van der Waals surface area contributed by atoms with Crippen LogP contribution in [-0.2, 0) is 4.79 Å². The molecular formula is C20H22O3. The van der Waals surface area contributed by atoms with Gasteiger partial charge in [0.05, 0.1) is 11.5 Å². The minimum Gasteiger partial charge on any atom is -0.388 e. The van der Waals surface area contributed by atoms with Crippen LogP contribution in [0.3, 0.4) is 0 Å². The molecule has 120 valence electrons. The number of ketones is 1. The zero-order valence-corrected chi connectivity index (χ0v) is 13.3. The average Bonchev–Trinajstić information content (AvgIpc) is 2.60. The molecule has 0 bridgehead atoms. The van der Waals surface area contributed by atoms with Crippen LogP contribution in [-0.4, -0.2) is 23.3 Å². The van der Waals surface area contributed by atoms with Crippen molar-refractivity contribution in [3.05, 3.63) is 71.8 Å². The minimum atomic E-state index is -0.889. The van der Waals surface area contributed by atoms with E-state index >= 15 is 0 Å². The van der Waals surface area contributed by atoms with E-state index in [9.17, 15) is 14.7 Å². The summed E-state index contributed by atoms with van der Waals surface area (Å²) in [7, 11) is 0. The maximum Gasteiger partial charge on any atom is 0.185 e. The average molecular weight is 310 g/mol. The van der Waals surface area contributed by atoms with E-state index in [2.05, 4.69) is 0 Å². The fourth-order valence-corrected chi connectivity index (χ4v) is 2.67. The molecule has 0 aliphatic heterocycles. The molecule has 1 aromatic carbocycles. The van der Waals surface area contributed by atoms with Gasteiger partial charge in [0.2, 0.25) is 0 Å². The van der Waals surface area contributed by atoms with E-state index < -0.39 is 11.5 Å². The number of unbranched alkanes of at least 4 members (excludes halogenated alkanes) is 1. The van der Waals surface area contributed by atoms with Crippen LogP contribution < -0.4 is 0 Å². The lowest BCUT2D eigenvalue weighted by Gasteiger charge is -2.31. The van der Waals surface area contributed by atoms with Gasteiger partial charge in [0, 0.05) is 5.56 Å². The van der Waals surface area contributed by atoms with Crippen molar-refractivity contribution in [1.82, 2.24) is 0 Å². The summed E-state index contributed by atoms with van der Waals surface area (Å²) in [5, 5.41) is 10.2. The Labute approximate surface area is 137 Å². The van der Waals surface area contributed by atoms with E-state index in [4.69, 9.17) is 0 Å². The number of carbonyl (C=O) groups is 2. The first-order valence-electron chi connectivity index (χ1n) is 7.94. The lowest BCUT2D eigenvalue weighted by Crippen LogP contribution is -2.35. The summed E-state index contributed by atoms with van der Waals surface area (Å²) in [5.41, 5.74) is 0.500. The number of aldehydes is 1. The zero-order valence-electron chi connectivity index (χ0n) is 13.3. The largest absolute Gasteiger partial charge is 0.388 e. The molecule has 0 saturated carbocycles. The molecule has 2 atom stereocenters. The molecule has 0 spiro atoms. The fraction of sp³-hybridized carbons (Fsp3) is 0.300. The molecular weight excluding hydrogens is 288 g/mol. The molecule has 0 fully saturated rings. The highest BCUT2D eigenvalue weighted by Gasteiger charge is 2.35. The number of aliphatic hydroxyl groups is 1. The highest BCUT2D eigenvalue weighted by molar-refractivity contribution is 6.04. The normalized spacial score (nSPS) is 23.7. The van der Waals surface area contributed by atoms with Crippen molar-refractivity contribution in [1.29, 1.82) is 0 Å². The quantitative estimate of drug-likeness (QED) is 0.475. The Morgan fingerprint density at radius 2 is 2.04 bits per heavy atom. The van der Waals surface area contributed by atoms with Crippen LogP contribution in [0.2, 0.25) is 0 Å². The number of allylic oxidation sites excluding steroid dienone is 4. The predicted octanol–water partition coefficient (Wildman–Crippen LogP) is 3.66. The number of rotatable bonds is 7. The Morgan fingerprint density at radius 1 is 1.30 bits per heavy atom. The van der Waals surface area contributed by atoms with E-state index in [1.54, 1.807) is 36.4 Å². The number of benzene rings is 1. The summed E-state index contributed by atoms with van der Waals surface area (Å²) in [4.78, 5) is 23.7. The molecule has 3 heteroatoms. The Balaban J connectivity index is 2.18. The van der Waals surface area contributed by atoms with Crippen LogP contribution in [0.1, 0.15) is 36.5 Å². The second kappa shape index (κ2) is 7.84. The molecule has 2 rings (SSSR count). The summed E-state index contributed by atoms with van der Waals surface area (Å²) in [6.07, 6.45) is 10.8. The van der Waals surface area contributed by atoms with Gasteiger partial charge in [0.25, 0.3) is 0 Å². The van der Waals surface area contributed by atoms with Gasteiger partial charge >= 0.3 is 0 Å². The molecule has 1 aliphatic rings. The van der Waals surface area contributed by atoms with E-state index in [1.165, 1.54) is 6.08 Å². The molecule has 3 nitrogen and oxygen atoms in total. The standard InChI is InChI=1S/C20H22O3/c1-2-3-13-20(15-21)14-16(10-12-19(20)23)9-11-18(22)17-7-5-4-6-8-17/h4-12,14-15,19,23H,2-3,13H2,1H3/b11-9+. The molecule has 1 aromatic rings. The molecule has 1 N–H and O–H groups in total. The lowest BCUT2D eigenvalue weighted by molar-refractivity contribution is -0.118. The van der Waals surface area contributed by atoms with E-state index in [1.807, 2.05) is 25.1 Å². The highest BCUT2D eigenvalue weighted by Crippen LogP contribution is 2.34. The topological polar surface area (TPSA) is 54.4 Å². The third kappa shape index (κ3) is 4.14. The number of carbonyl (C=O) groups excluding carboxylic acids is 2. The third-order valence-corrected chi connectivity index (χ3v) is 4.13. The number of aliphatic hydroxyl groups excluding tert-OH is 1. The van der Waals surface area contributed by atoms with Gasteiger partial charge in [-0.3, -0.25) is 4.79 Å². The van der Waals surface area contributed by atoms with E-state index in [-0.39, 0.29) is 5.78 Å².